The molecule has 2 atom stereocenters. The Labute approximate surface area is 154 Å². The van der Waals surface area contributed by atoms with Crippen molar-refractivity contribution in [2.75, 3.05) is 26.8 Å². The second-order valence-electron chi connectivity index (χ2n) is 7.21. The smallest absolute Gasteiger partial charge is 0.410 e. The maximum atomic E-state index is 12.3. The highest BCUT2D eigenvalue weighted by Gasteiger charge is 2.34. The third-order valence-electron chi connectivity index (χ3n) is 4.14. The molecule has 2 rings (SSSR count). The van der Waals surface area contributed by atoms with Crippen molar-refractivity contribution in [3.8, 4) is 0 Å². The van der Waals surface area contributed by atoms with E-state index in [1.54, 1.807) is 12.0 Å². The summed E-state index contributed by atoms with van der Waals surface area (Å²) in [6.07, 6.45) is 0.571. The van der Waals surface area contributed by atoms with Gasteiger partial charge in [0, 0.05) is 26.1 Å². The lowest BCUT2D eigenvalue weighted by Crippen LogP contribution is -2.46. The first kappa shape index (κ1) is 19.4. The summed E-state index contributed by atoms with van der Waals surface area (Å²) < 4.78 is 10.9. The van der Waals surface area contributed by atoms with Crippen molar-refractivity contribution in [2.45, 2.75) is 38.7 Å². The van der Waals surface area contributed by atoms with Crippen LogP contribution in [0.15, 0.2) is 18.2 Å². The van der Waals surface area contributed by atoms with Gasteiger partial charge in [-0.1, -0.05) is 29.3 Å². The van der Waals surface area contributed by atoms with Gasteiger partial charge in [0.1, 0.15) is 5.60 Å². The summed E-state index contributed by atoms with van der Waals surface area (Å²) in [4.78, 5) is 14.1. The summed E-state index contributed by atoms with van der Waals surface area (Å²) >= 11 is 12.2. The number of carbonyl (C=O) groups excluding carboxylic acids is 1. The molecule has 1 aromatic rings. The molecule has 1 aliphatic rings. The fourth-order valence-corrected chi connectivity index (χ4v) is 3.40. The van der Waals surface area contributed by atoms with Gasteiger partial charge in [-0.2, -0.15) is 0 Å². The van der Waals surface area contributed by atoms with Crippen LogP contribution in [0, 0.1) is 5.92 Å². The van der Waals surface area contributed by atoms with Crippen LogP contribution in [0.5, 0.6) is 0 Å². The molecule has 0 bridgehead atoms. The molecule has 1 aromatic carbocycles. The van der Waals surface area contributed by atoms with Crippen LogP contribution < -0.4 is 0 Å². The van der Waals surface area contributed by atoms with Crippen LogP contribution in [0.4, 0.5) is 4.79 Å². The van der Waals surface area contributed by atoms with Crippen molar-refractivity contribution in [1.82, 2.24) is 4.90 Å². The Kier molecular flexibility index (Phi) is 6.40. The lowest BCUT2D eigenvalue weighted by molar-refractivity contribution is 0.00738. The molecule has 0 radical (unpaired) electrons. The van der Waals surface area contributed by atoms with Crippen molar-refractivity contribution in [2.24, 2.45) is 5.92 Å². The summed E-state index contributed by atoms with van der Waals surface area (Å²) in [5, 5.41) is 1.11. The molecule has 4 nitrogen and oxygen atoms in total. The normalized spacial score (nSPS) is 21.7. The number of piperidine rings is 1. The van der Waals surface area contributed by atoms with Crippen LogP contribution >= 0.6 is 23.2 Å². The standard InChI is InChI=1S/C18H25Cl2NO3/c1-18(2,3)24-17(22)21-8-7-14(13(10-21)11-23-4)12-5-6-15(19)16(20)9-12/h5-6,9,13-14H,7-8,10-11H2,1-4H3. The van der Waals surface area contributed by atoms with Crippen LogP contribution in [-0.2, 0) is 9.47 Å². The Morgan fingerprint density at radius 2 is 2.00 bits per heavy atom. The highest BCUT2D eigenvalue weighted by Crippen LogP contribution is 2.36. The van der Waals surface area contributed by atoms with Gasteiger partial charge in [0.15, 0.2) is 0 Å². The van der Waals surface area contributed by atoms with Crippen molar-refractivity contribution in [1.29, 1.82) is 0 Å². The van der Waals surface area contributed by atoms with Crippen LogP contribution in [0.2, 0.25) is 10.0 Å². The van der Waals surface area contributed by atoms with E-state index in [9.17, 15) is 4.79 Å². The first-order valence-electron chi connectivity index (χ1n) is 8.13. The number of carbonyl (C=O) groups is 1. The molecule has 1 aliphatic heterocycles. The van der Waals surface area contributed by atoms with Gasteiger partial charge in [0.2, 0.25) is 0 Å². The first-order valence-corrected chi connectivity index (χ1v) is 8.88. The summed E-state index contributed by atoms with van der Waals surface area (Å²) in [7, 11) is 1.68. The molecule has 24 heavy (non-hydrogen) atoms. The topological polar surface area (TPSA) is 38.8 Å². The highest BCUT2D eigenvalue weighted by atomic mass is 35.5. The number of benzene rings is 1. The molecule has 2 unspecified atom stereocenters. The maximum absolute atomic E-state index is 12.3. The van der Waals surface area contributed by atoms with E-state index in [0.717, 1.165) is 12.0 Å². The minimum Gasteiger partial charge on any atom is -0.444 e. The zero-order chi connectivity index (χ0) is 17.9. The van der Waals surface area contributed by atoms with Gasteiger partial charge in [-0.05, 0) is 50.8 Å². The van der Waals surface area contributed by atoms with E-state index in [1.807, 2.05) is 39.0 Å². The van der Waals surface area contributed by atoms with Crippen LogP contribution in [0.25, 0.3) is 0 Å². The van der Waals surface area contributed by atoms with Gasteiger partial charge in [-0.3, -0.25) is 0 Å². The van der Waals surface area contributed by atoms with Crippen LogP contribution in [-0.4, -0.2) is 43.4 Å². The fourth-order valence-electron chi connectivity index (χ4n) is 3.09. The minimum atomic E-state index is -0.492. The summed E-state index contributed by atoms with van der Waals surface area (Å²) in [6.45, 7) is 7.46. The number of nitrogens with zero attached hydrogens (tertiary/aromatic N) is 1. The first-order chi connectivity index (χ1) is 11.2. The summed E-state index contributed by atoms with van der Waals surface area (Å²) in [5.41, 5.74) is 0.643. The second-order valence-corrected chi connectivity index (χ2v) is 8.02. The number of rotatable bonds is 3. The summed E-state index contributed by atoms with van der Waals surface area (Å²) in [5.74, 6) is 0.465. The van der Waals surface area contributed by atoms with E-state index in [-0.39, 0.29) is 17.9 Å². The SMILES string of the molecule is COCC1CN(C(=O)OC(C)(C)C)CCC1c1ccc(Cl)c(Cl)c1. The van der Waals surface area contributed by atoms with E-state index >= 15 is 0 Å². The number of ether oxygens (including phenoxy) is 2. The van der Waals surface area contributed by atoms with E-state index in [0.29, 0.717) is 29.7 Å². The molecule has 1 fully saturated rings. The van der Waals surface area contributed by atoms with E-state index in [4.69, 9.17) is 32.7 Å². The molecule has 0 aromatic heterocycles. The lowest BCUT2D eigenvalue weighted by atomic mass is 9.81. The highest BCUT2D eigenvalue weighted by molar-refractivity contribution is 6.42. The molecule has 0 saturated carbocycles. The van der Waals surface area contributed by atoms with Crippen molar-refractivity contribution in [3.05, 3.63) is 33.8 Å². The molecule has 1 heterocycles. The third kappa shape index (κ3) is 5.01. The molecule has 1 saturated heterocycles. The zero-order valence-corrected chi connectivity index (χ0v) is 16.2. The van der Waals surface area contributed by atoms with Crippen LogP contribution in [0.3, 0.4) is 0 Å². The molecule has 134 valence electrons. The number of likely N-dealkylation sites (tertiary alicyclic amines) is 1. The number of amides is 1. The second kappa shape index (κ2) is 7.94. The van der Waals surface area contributed by atoms with Crippen molar-refractivity contribution >= 4 is 29.3 Å². The van der Waals surface area contributed by atoms with Gasteiger partial charge in [-0.25, -0.2) is 4.79 Å². The Hall–Kier alpha value is -0.970. The Balaban J connectivity index is 2.13. The molecular formula is C18H25Cl2NO3. The Morgan fingerprint density at radius 3 is 2.58 bits per heavy atom. The fraction of sp³-hybridized carbons (Fsp3) is 0.611. The molecule has 0 spiro atoms. The number of hydrogen-bond acceptors (Lipinski definition) is 3. The molecular weight excluding hydrogens is 349 g/mol. The predicted molar refractivity (Wildman–Crippen MR) is 97.0 cm³/mol. The predicted octanol–water partition coefficient (Wildman–Crippen LogP) is 4.98. The maximum Gasteiger partial charge on any atom is 0.410 e. The zero-order valence-electron chi connectivity index (χ0n) is 14.6. The average molecular weight is 374 g/mol. The number of hydrogen-bond donors (Lipinski definition) is 0. The quantitative estimate of drug-likeness (QED) is 0.749. The third-order valence-corrected chi connectivity index (χ3v) is 4.88. The average Bonchev–Trinajstić information content (AvgIpc) is 2.49. The van der Waals surface area contributed by atoms with Gasteiger partial charge in [-0.15, -0.1) is 0 Å². The summed E-state index contributed by atoms with van der Waals surface area (Å²) in [6, 6.07) is 5.74. The Bertz CT molecular complexity index is 586. The van der Waals surface area contributed by atoms with E-state index in [1.165, 1.54) is 0 Å². The minimum absolute atomic E-state index is 0.188. The molecule has 0 aliphatic carbocycles. The monoisotopic (exact) mass is 373 g/mol. The number of methoxy groups -OCH3 is 1. The number of halogens is 2. The van der Waals surface area contributed by atoms with Crippen molar-refractivity contribution in [3.63, 3.8) is 0 Å². The largest absolute Gasteiger partial charge is 0.444 e. The van der Waals surface area contributed by atoms with Gasteiger partial charge < -0.3 is 14.4 Å². The van der Waals surface area contributed by atoms with E-state index in [2.05, 4.69) is 0 Å². The molecule has 6 heteroatoms. The van der Waals surface area contributed by atoms with Crippen LogP contribution in [0.1, 0.15) is 38.7 Å². The van der Waals surface area contributed by atoms with Gasteiger partial charge >= 0.3 is 6.09 Å². The molecule has 1 amide bonds. The van der Waals surface area contributed by atoms with Crippen molar-refractivity contribution < 1.29 is 14.3 Å². The molecule has 0 N–H and O–H groups in total. The Morgan fingerprint density at radius 1 is 1.29 bits per heavy atom. The van der Waals surface area contributed by atoms with Gasteiger partial charge in [0.05, 0.1) is 16.7 Å². The lowest BCUT2D eigenvalue weighted by Gasteiger charge is -2.39. The van der Waals surface area contributed by atoms with Gasteiger partial charge in [0.25, 0.3) is 0 Å². The van der Waals surface area contributed by atoms with E-state index < -0.39 is 5.60 Å².